The first-order valence-electron chi connectivity index (χ1n) is 6.12. The number of ether oxygens (including phenoxy) is 1. The van der Waals surface area contributed by atoms with Crippen molar-refractivity contribution in [2.45, 2.75) is 20.3 Å². The fourth-order valence-electron chi connectivity index (χ4n) is 2.51. The van der Waals surface area contributed by atoms with Crippen LogP contribution in [0.3, 0.4) is 0 Å². The zero-order chi connectivity index (χ0) is 14.2. The molecule has 5 heteroatoms. The Morgan fingerprint density at radius 1 is 1.42 bits per heavy atom. The molecule has 0 spiro atoms. The SMILES string of the molecule is COc1cc(C)cc(C)c1N1CC(C(=O)O)CC1=O. The minimum atomic E-state index is -0.931. The summed E-state index contributed by atoms with van der Waals surface area (Å²) in [5.74, 6) is -1.13. The lowest BCUT2D eigenvalue weighted by Crippen LogP contribution is -2.27. The number of hydrogen-bond donors (Lipinski definition) is 1. The van der Waals surface area contributed by atoms with Gasteiger partial charge in [-0.05, 0) is 31.0 Å². The van der Waals surface area contributed by atoms with E-state index >= 15 is 0 Å². The van der Waals surface area contributed by atoms with Gasteiger partial charge in [0.05, 0.1) is 18.7 Å². The van der Waals surface area contributed by atoms with Crippen molar-refractivity contribution in [1.82, 2.24) is 0 Å². The molecule has 1 N–H and O–H groups in total. The highest BCUT2D eigenvalue weighted by Gasteiger charge is 2.36. The van der Waals surface area contributed by atoms with Crippen LogP contribution >= 0.6 is 0 Å². The average molecular weight is 263 g/mol. The highest BCUT2D eigenvalue weighted by molar-refractivity contribution is 6.01. The number of methoxy groups -OCH3 is 1. The van der Waals surface area contributed by atoms with E-state index in [-0.39, 0.29) is 18.9 Å². The molecule has 1 saturated heterocycles. The third kappa shape index (κ3) is 2.41. The molecule has 1 aromatic rings. The molecule has 5 nitrogen and oxygen atoms in total. The van der Waals surface area contributed by atoms with E-state index in [2.05, 4.69) is 0 Å². The van der Waals surface area contributed by atoms with E-state index in [1.54, 1.807) is 7.11 Å². The Morgan fingerprint density at radius 3 is 2.63 bits per heavy atom. The predicted molar refractivity (Wildman–Crippen MR) is 70.6 cm³/mol. The van der Waals surface area contributed by atoms with Crippen LogP contribution in [0, 0.1) is 19.8 Å². The second-order valence-electron chi connectivity index (χ2n) is 4.88. The number of carbonyl (C=O) groups is 2. The van der Waals surface area contributed by atoms with E-state index < -0.39 is 11.9 Å². The number of amides is 1. The van der Waals surface area contributed by atoms with Gasteiger partial charge in [-0.1, -0.05) is 6.07 Å². The zero-order valence-electron chi connectivity index (χ0n) is 11.3. The largest absolute Gasteiger partial charge is 0.495 e. The first-order chi connectivity index (χ1) is 8.93. The molecule has 1 atom stereocenters. The van der Waals surface area contributed by atoms with Gasteiger partial charge in [0.2, 0.25) is 5.91 Å². The van der Waals surface area contributed by atoms with E-state index in [1.807, 2.05) is 26.0 Å². The molecule has 0 saturated carbocycles. The summed E-state index contributed by atoms with van der Waals surface area (Å²) in [6, 6.07) is 3.81. The smallest absolute Gasteiger partial charge is 0.308 e. The van der Waals surface area contributed by atoms with Crippen LogP contribution in [0.25, 0.3) is 0 Å². The van der Waals surface area contributed by atoms with Gasteiger partial charge in [0.15, 0.2) is 0 Å². The maximum atomic E-state index is 12.0. The fraction of sp³-hybridized carbons (Fsp3) is 0.429. The Kier molecular flexibility index (Phi) is 3.46. The van der Waals surface area contributed by atoms with E-state index in [9.17, 15) is 9.59 Å². The number of hydrogen-bond acceptors (Lipinski definition) is 3. The summed E-state index contributed by atoms with van der Waals surface area (Å²) < 4.78 is 5.32. The van der Waals surface area contributed by atoms with Crippen molar-refractivity contribution < 1.29 is 19.4 Å². The van der Waals surface area contributed by atoms with Crippen molar-refractivity contribution in [3.63, 3.8) is 0 Å². The summed E-state index contributed by atoms with van der Waals surface area (Å²) in [6.45, 7) is 4.05. The maximum Gasteiger partial charge on any atom is 0.308 e. The van der Waals surface area contributed by atoms with Crippen molar-refractivity contribution in [3.8, 4) is 5.75 Å². The molecule has 1 heterocycles. The highest BCUT2D eigenvalue weighted by atomic mass is 16.5. The lowest BCUT2D eigenvalue weighted by Gasteiger charge is -2.22. The molecule has 2 rings (SSSR count). The first-order valence-corrected chi connectivity index (χ1v) is 6.12. The molecule has 0 radical (unpaired) electrons. The molecule has 102 valence electrons. The lowest BCUT2D eigenvalue weighted by atomic mass is 10.1. The van der Waals surface area contributed by atoms with E-state index in [1.165, 1.54) is 4.90 Å². The lowest BCUT2D eigenvalue weighted by molar-refractivity contribution is -0.141. The van der Waals surface area contributed by atoms with Crippen molar-refractivity contribution in [2.24, 2.45) is 5.92 Å². The number of anilines is 1. The van der Waals surface area contributed by atoms with Crippen molar-refractivity contribution >= 4 is 17.6 Å². The molecular formula is C14H17NO4. The molecule has 1 fully saturated rings. The number of carboxylic acid groups (broad SMARTS) is 1. The van der Waals surface area contributed by atoms with Gasteiger partial charge in [-0.25, -0.2) is 0 Å². The van der Waals surface area contributed by atoms with Gasteiger partial charge in [0, 0.05) is 13.0 Å². The van der Waals surface area contributed by atoms with Crippen LogP contribution in [-0.4, -0.2) is 30.6 Å². The van der Waals surface area contributed by atoms with E-state index in [4.69, 9.17) is 9.84 Å². The Balaban J connectivity index is 2.42. The quantitative estimate of drug-likeness (QED) is 0.902. The highest BCUT2D eigenvalue weighted by Crippen LogP contribution is 2.36. The Bertz CT molecular complexity index is 538. The number of benzene rings is 1. The number of rotatable bonds is 3. The Labute approximate surface area is 111 Å². The van der Waals surface area contributed by atoms with Crippen LogP contribution in [0.1, 0.15) is 17.5 Å². The molecular weight excluding hydrogens is 246 g/mol. The summed E-state index contributed by atoms with van der Waals surface area (Å²) in [4.78, 5) is 24.5. The van der Waals surface area contributed by atoms with Gasteiger partial charge in [0.25, 0.3) is 0 Å². The number of carbonyl (C=O) groups excluding carboxylic acids is 1. The monoisotopic (exact) mass is 263 g/mol. The summed E-state index contributed by atoms with van der Waals surface area (Å²) in [5.41, 5.74) is 2.64. The predicted octanol–water partition coefficient (Wildman–Crippen LogP) is 1.75. The normalized spacial score (nSPS) is 18.8. The molecule has 0 bridgehead atoms. The van der Waals surface area contributed by atoms with Crippen LogP contribution in [-0.2, 0) is 9.59 Å². The molecule has 1 aliphatic heterocycles. The Morgan fingerprint density at radius 2 is 2.11 bits per heavy atom. The van der Waals surface area contributed by atoms with Crippen molar-refractivity contribution in [1.29, 1.82) is 0 Å². The molecule has 0 aromatic heterocycles. The molecule has 0 aliphatic carbocycles. The summed E-state index contributed by atoms with van der Waals surface area (Å²) in [5, 5.41) is 9.03. The number of carboxylic acids is 1. The van der Waals surface area contributed by atoms with Crippen LogP contribution in [0.15, 0.2) is 12.1 Å². The molecule has 1 aromatic carbocycles. The van der Waals surface area contributed by atoms with Crippen molar-refractivity contribution in [2.75, 3.05) is 18.6 Å². The fourth-order valence-corrected chi connectivity index (χ4v) is 2.51. The summed E-state index contributed by atoms with van der Waals surface area (Å²) >= 11 is 0. The second-order valence-corrected chi connectivity index (χ2v) is 4.88. The molecule has 19 heavy (non-hydrogen) atoms. The van der Waals surface area contributed by atoms with Gasteiger partial charge in [-0.15, -0.1) is 0 Å². The Hall–Kier alpha value is -2.04. The summed E-state index contributed by atoms with van der Waals surface area (Å²) in [7, 11) is 1.55. The van der Waals surface area contributed by atoms with Gasteiger partial charge < -0.3 is 14.7 Å². The summed E-state index contributed by atoms with van der Waals surface area (Å²) in [6.07, 6.45) is 0.0474. The number of aryl methyl sites for hydroxylation is 2. The third-order valence-electron chi connectivity index (χ3n) is 3.37. The molecule has 1 amide bonds. The maximum absolute atomic E-state index is 12.0. The van der Waals surface area contributed by atoms with E-state index in [0.717, 1.165) is 11.1 Å². The number of aliphatic carboxylic acids is 1. The van der Waals surface area contributed by atoms with Gasteiger partial charge in [-0.3, -0.25) is 9.59 Å². The van der Waals surface area contributed by atoms with Crippen LogP contribution in [0.2, 0.25) is 0 Å². The van der Waals surface area contributed by atoms with E-state index in [0.29, 0.717) is 11.4 Å². The molecule has 1 aliphatic rings. The van der Waals surface area contributed by atoms with Gasteiger partial charge in [-0.2, -0.15) is 0 Å². The average Bonchev–Trinajstić information content (AvgIpc) is 2.70. The van der Waals surface area contributed by atoms with Crippen LogP contribution in [0.5, 0.6) is 5.75 Å². The number of nitrogens with zero attached hydrogens (tertiary/aromatic N) is 1. The van der Waals surface area contributed by atoms with Crippen LogP contribution in [0.4, 0.5) is 5.69 Å². The standard InChI is InChI=1S/C14H17NO4/c1-8-4-9(2)13(11(5-8)19-3)15-7-10(14(17)18)6-12(15)16/h4-5,10H,6-7H2,1-3H3,(H,17,18). The minimum absolute atomic E-state index is 0.0474. The zero-order valence-corrected chi connectivity index (χ0v) is 11.3. The van der Waals surface area contributed by atoms with Gasteiger partial charge >= 0.3 is 5.97 Å². The minimum Gasteiger partial charge on any atom is -0.495 e. The van der Waals surface area contributed by atoms with Crippen molar-refractivity contribution in [3.05, 3.63) is 23.3 Å². The third-order valence-corrected chi connectivity index (χ3v) is 3.37. The van der Waals surface area contributed by atoms with Gasteiger partial charge in [0.1, 0.15) is 5.75 Å². The molecule has 1 unspecified atom stereocenters. The topological polar surface area (TPSA) is 66.8 Å². The van der Waals surface area contributed by atoms with Crippen LogP contribution < -0.4 is 9.64 Å². The second kappa shape index (κ2) is 4.91. The first kappa shape index (κ1) is 13.4.